The zero-order chi connectivity index (χ0) is 5.98. The van der Waals surface area contributed by atoms with E-state index in [-0.39, 0.29) is 0 Å². The molecule has 0 aromatic rings. The molecule has 0 saturated carbocycles. The Morgan fingerprint density at radius 1 is 1.75 bits per heavy atom. The molecule has 3 heteroatoms. The topological polar surface area (TPSA) is 38.5 Å². The van der Waals surface area contributed by atoms with Gasteiger partial charge < -0.3 is 4.74 Å². The van der Waals surface area contributed by atoms with Crippen molar-refractivity contribution >= 4 is 0 Å². The van der Waals surface area contributed by atoms with Crippen molar-refractivity contribution in [2.75, 3.05) is 19.7 Å². The number of hydrogen-bond donors (Lipinski definition) is 1. The fourth-order valence-corrected chi connectivity index (χ4v) is 0.845. The Bertz CT molecular complexity index is 68.8. The first-order valence-corrected chi connectivity index (χ1v) is 2.90. The molecule has 0 aromatic heterocycles. The van der Waals surface area contributed by atoms with Crippen molar-refractivity contribution in [2.45, 2.75) is 13.0 Å². The highest BCUT2D eigenvalue weighted by molar-refractivity contribution is 4.61. The number of hydrogen-bond acceptors (Lipinski definition) is 3. The molecule has 1 aliphatic heterocycles. The standard InChI is InChI=1S/C5H12N2O/c1-5-4-7(6)2-3-8-5/h5H,2-4,6H2,1H3/t5-/m1/s1. The highest BCUT2D eigenvalue weighted by Crippen LogP contribution is 1.97. The predicted molar refractivity (Wildman–Crippen MR) is 31.2 cm³/mol. The van der Waals surface area contributed by atoms with Gasteiger partial charge in [0.15, 0.2) is 0 Å². The van der Waals surface area contributed by atoms with E-state index in [0.717, 1.165) is 19.7 Å². The lowest BCUT2D eigenvalue weighted by Crippen LogP contribution is -2.45. The van der Waals surface area contributed by atoms with Gasteiger partial charge in [-0.1, -0.05) is 0 Å². The van der Waals surface area contributed by atoms with Crippen LogP contribution >= 0.6 is 0 Å². The maximum Gasteiger partial charge on any atom is 0.0688 e. The van der Waals surface area contributed by atoms with Crippen molar-refractivity contribution in [3.05, 3.63) is 0 Å². The Kier molecular flexibility index (Phi) is 1.83. The van der Waals surface area contributed by atoms with E-state index in [0.29, 0.717) is 6.10 Å². The molecule has 0 bridgehead atoms. The number of nitrogens with zero attached hydrogens (tertiary/aromatic N) is 1. The van der Waals surface area contributed by atoms with E-state index in [2.05, 4.69) is 0 Å². The minimum atomic E-state index is 0.314. The average Bonchev–Trinajstić information content (AvgIpc) is 1.64. The molecule has 0 amide bonds. The van der Waals surface area contributed by atoms with Gasteiger partial charge in [0.25, 0.3) is 0 Å². The van der Waals surface area contributed by atoms with Crippen LogP contribution in [0.2, 0.25) is 0 Å². The van der Waals surface area contributed by atoms with Gasteiger partial charge >= 0.3 is 0 Å². The molecular weight excluding hydrogens is 104 g/mol. The molecule has 1 saturated heterocycles. The summed E-state index contributed by atoms with van der Waals surface area (Å²) >= 11 is 0. The number of hydrazine groups is 1. The van der Waals surface area contributed by atoms with Crippen LogP contribution in [0, 0.1) is 0 Å². The summed E-state index contributed by atoms with van der Waals surface area (Å²) in [5.74, 6) is 5.48. The summed E-state index contributed by atoms with van der Waals surface area (Å²) in [5.41, 5.74) is 0. The van der Waals surface area contributed by atoms with E-state index < -0.39 is 0 Å². The number of morpholine rings is 1. The Labute approximate surface area is 49.4 Å². The summed E-state index contributed by atoms with van der Waals surface area (Å²) in [7, 11) is 0. The number of rotatable bonds is 0. The second-order valence-corrected chi connectivity index (χ2v) is 2.18. The van der Waals surface area contributed by atoms with Crippen molar-refractivity contribution in [1.29, 1.82) is 0 Å². The van der Waals surface area contributed by atoms with Gasteiger partial charge in [-0.05, 0) is 6.92 Å². The number of ether oxygens (including phenoxy) is 1. The van der Waals surface area contributed by atoms with Gasteiger partial charge in [-0.3, -0.25) is 5.84 Å². The minimum absolute atomic E-state index is 0.314. The largest absolute Gasteiger partial charge is 0.376 e. The third kappa shape index (κ3) is 1.43. The molecule has 1 fully saturated rings. The normalized spacial score (nSPS) is 33.0. The van der Waals surface area contributed by atoms with Gasteiger partial charge in [0.1, 0.15) is 0 Å². The molecule has 1 rings (SSSR count). The van der Waals surface area contributed by atoms with Crippen molar-refractivity contribution in [3.8, 4) is 0 Å². The van der Waals surface area contributed by atoms with E-state index in [1.54, 1.807) is 5.01 Å². The summed E-state index contributed by atoms with van der Waals surface area (Å²) in [4.78, 5) is 0. The summed E-state index contributed by atoms with van der Waals surface area (Å²) in [6, 6.07) is 0. The molecule has 0 spiro atoms. The van der Waals surface area contributed by atoms with E-state index in [4.69, 9.17) is 10.6 Å². The van der Waals surface area contributed by atoms with E-state index in [1.165, 1.54) is 0 Å². The summed E-state index contributed by atoms with van der Waals surface area (Å²) in [6.45, 7) is 4.53. The van der Waals surface area contributed by atoms with Gasteiger partial charge in [0.05, 0.1) is 12.7 Å². The van der Waals surface area contributed by atoms with Crippen LogP contribution in [0.15, 0.2) is 0 Å². The van der Waals surface area contributed by atoms with Gasteiger partial charge in [-0.15, -0.1) is 0 Å². The van der Waals surface area contributed by atoms with Crippen LogP contribution in [0.3, 0.4) is 0 Å². The summed E-state index contributed by atoms with van der Waals surface area (Å²) in [6.07, 6.45) is 0.314. The molecule has 0 radical (unpaired) electrons. The molecule has 2 N–H and O–H groups in total. The Balaban J connectivity index is 2.23. The maximum absolute atomic E-state index is 5.48. The molecule has 1 heterocycles. The molecule has 3 nitrogen and oxygen atoms in total. The second kappa shape index (κ2) is 2.44. The Morgan fingerprint density at radius 3 is 2.88 bits per heavy atom. The first-order valence-electron chi connectivity index (χ1n) is 2.90. The molecule has 0 unspecified atom stereocenters. The molecule has 8 heavy (non-hydrogen) atoms. The minimum Gasteiger partial charge on any atom is -0.376 e. The first-order chi connectivity index (χ1) is 3.79. The first kappa shape index (κ1) is 6.01. The molecule has 0 aliphatic carbocycles. The molecule has 48 valence electrons. The zero-order valence-electron chi connectivity index (χ0n) is 5.13. The van der Waals surface area contributed by atoms with E-state index in [9.17, 15) is 0 Å². The second-order valence-electron chi connectivity index (χ2n) is 2.18. The highest BCUT2D eigenvalue weighted by atomic mass is 16.5. The SMILES string of the molecule is C[C@@H]1CN(N)CCO1. The average molecular weight is 116 g/mol. The summed E-state index contributed by atoms with van der Waals surface area (Å²) < 4.78 is 5.23. The Morgan fingerprint density at radius 2 is 2.50 bits per heavy atom. The van der Waals surface area contributed by atoms with Gasteiger partial charge in [0.2, 0.25) is 0 Å². The molecule has 1 atom stereocenters. The maximum atomic E-state index is 5.48. The predicted octanol–water partition coefficient (Wildman–Crippen LogP) is -0.419. The summed E-state index contributed by atoms with van der Waals surface area (Å²) in [5, 5.41) is 1.79. The van der Waals surface area contributed by atoms with Crippen LogP contribution in [-0.4, -0.2) is 30.8 Å². The van der Waals surface area contributed by atoms with Crippen LogP contribution in [0.5, 0.6) is 0 Å². The van der Waals surface area contributed by atoms with Gasteiger partial charge in [-0.25, -0.2) is 5.01 Å². The van der Waals surface area contributed by atoms with Crippen LogP contribution < -0.4 is 5.84 Å². The monoisotopic (exact) mass is 116 g/mol. The Hall–Kier alpha value is -0.120. The molecule has 1 aliphatic rings. The molecular formula is C5H12N2O. The fourth-order valence-electron chi connectivity index (χ4n) is 0.845. The van der Waals surface area contributed by atoms with Crippen molar-refractivity contribution < 1.29 is 4.74 Å². The quantitative estimate of drug-likeness (QED) is 0.437. The van der Waals surface area contributed by atoms with Gasteiger partial charge in [-0.2, -0.15) is 0 Å². The highest BCUT2D eigenvalue weighted by Gasteiger charge is 2.11. The van der Waals surface area contributed by atoms with E-state index >= 15 is 0 Å². The van der Waals surface area contributed by atoms with Crippen LogP contribution in [0.1, 0.15) is 6.92 Å². The lowest BCUT2D eigenvalue weighted by molar-refractivity contribution is -0.0185. The van der Waals surface area contributed by atoms with Gasteiger partial charge in [0, 0.05) is 13.1 Å². The van der Waals surface area contributed by atoms with E-state index in [1.807, 2.05) is 6.92 Å². The van der Waals surface area contributed by atoms with Crippen molar-refractivity contribution in [3.63, 3.8) is 0 Å². The zero-order valence-corrected chi connectivity index (χ0v) is 5.13. The van der Waals surface area contributed by atoms with Crippen molar-refractivity contribution in [1.82, 2.24) is 5.01 Å². The lowest BCUT2D eigenvalue weighted by atomic mass is 10.3. The smallest absolute Gasteiger partial charge is 0.0688 e. The number of nitrogens with two attached hydrogens (primary N) is 1. The van der Waals surface area contributed by atoms with Crippen LogP contribution in [-0.2, 0) is 4.74 Å². The molecule has 0 aromatic carbocycles. The fraction of sp³-hybridized carbons (Fsp3) is 1.00. The van der Waals surface area contributed by atoms with Crippen LogP contribution in [0.4, 0.5) is 0 Å². The van der Waals surface area contributed by atoms with Crippen LogP contribution in [0.25, 0.3) is 0 Å². The lowest BCUT2D eigenvalue weighted by Gasteiger charge is -2.26. The third-order valence-electron chi connectivity index (χ3n) is 1.27. The third-order valence-corrected chi connectivity index (χ3v) is 1.27. The van der Waals surface area contributed by atoms with Crippen molar-refractivity contribution in [2.24, 2.45) is 5.84 Å².